The van der Waals surface area contributed by atoms with E-state index in [-0.39, 0.29) is 44.8 Å². The first-order valence-corrected chi connectivity index (χ1v) is 14.0. The second-order valence-electron chi connectivity index (χ2n) is 17.1. The monoisotopic (exact) mass is 497 g/mol. The van der Waals surface area contributed by atoms with E-state index < -0.39 is 11.2 Å². The van der Waals surface area contributed by atoms with Crippen molar-refractivity contribution in [2.24, 2.45) is 44.8 Å². The molecule has 35 heavy (non-hydrogen) atoms. The molecule has 1 unspecified atom stereocenters. The van der Waals surface area contributed by atoms with Crippen molar-refractivity contribution in [1.82, 2.24) is 0 Å². The van der Waals surface area contributed by atoms with Gasteiger partial charge in [0.1, 0.15) is 5.60 Å². The maximum atomic E-state index is 11.2. The van der Waals surface area contributed by atoms with E-state index in [4.69, 9.17) is 0 Å². The summed E-state index contributed by atoms with van der Waals surface area (Å²) >= 11 is 0. The summed E-state index contributed by atoms with van der Waals surface area (Å²) < 4.78 is 0. The van der Waals surface area contributed by atoms with E-state index in [0.717, 1.165) is 0 Å². The normalized spacial score (nSPS) is 16.3. The minimum Gasteiger partial charge on any atom is -0.386 e. The average molecular weight is 497 g/mol. The minimum absolute atomic E-state index is 0.00250. The van der Waals surface area contributed by atoms with Gasteiger partial charge in [-0.15, -0.1) is 0 Å². The van der Waals surface area contributed by atoms with Gasteiger partial charge < -0.3 is 10.2 Å². The van der Waals surface area contributed by atoms with Crippen LogP contribution >= 0.6 is 0 Å². The van der Waals surface area contributed by atoms with Crippen LogP contribution in [0, 0.1) is 44.8 Å². The zero-order chi connectivity index (χ0) is 29.4. The van der Waals surface area contributed by atoms with Crippen molar-refractivity contribution in [3.05, 3.63) is 11.1 Å². The molecule has 0 rings (SSSR count). The van der Waals surface area contributed by atoms with Gasteiger partial charge in [0, 0.05) is 0 Å². The molecular weight excluding hydrogens is 428 g/mol. The van der Waals surface area contributed by atoms with Crippen LogP contribution in [0.3, 0.4) is 0 Å². The summed E-state index contributed by atoms with van der Waals surface area (Å²) in [4.78, 5) is 0. The Morgan fingerprint density at radius 1 is 0.400 bits per heavy atom. The van der Waals surface area contributed by atoms with Crippen molar-refractivity contribution in [1.29, 1.82) is 0 Å². The lowest BCUT2D eigenvalue weighted by molar-refractivity contribution is -0.261. The molecule has 0 saturated carbocycles. The lowest BCUT2D eigenvalue weighted by atomic mass is 9.55. The van der Waals surface area contributed by atoms with Crippen molar-refractivity contribution in [2.45, 2.75) is 157 Å². The molecule has 0 aliphatic carbocycles. The average Bonchev–Trinajstić information content (AvgIpc) is 2.52. The van der Waals surface area contributed by atoms with E-state index >= 15 is 0 Å². The fraction of sp³-hybridized carbons (Fsp3) is 0.939. The molecule has 0 aromatic heterocycles. The Labute approximate surface area is 222 Å². The molecule has 2 nitrogen and oxygen atoms in total. The maximum absolute atomic E-state index is 11.2. The topological polar surface area (TPSA) is 40.5 Å². The van der Waals surface area contributed by atoms with Crippen LogP contribution in [0.1, 0.15) is 145 Å². The van der Waals surface area contributed by atoms with Crippen LogP contribution in [-0.2, 0) is 0 Å². The first-order valence-electron chi connectivity index (χ1n) is 14.0. The maximum Gasteiger partial charge on any atom is 0.101 e. The Morgan fingerprint density at radius 2 is 0.600 bits per heavy atom. The van der Waals surface area contributed by atoms with Crippen molar-refractivity contribution in [3.8, 4) is 0 Å². The Hall–Kier alpha value is -0.340. The molecule has 0 aliphatic rings. The van der Waals surface area contributed by atoms with Gasteiger partial charge in [0.15, 0.2) is 0 Å². The van der Waals surface area contributed by atoms with E-state index in [1.165, 1.54) is 0 Å². The lowest BCUT2D eigenvalue weighted by Gasteiger charge is -2.57. The van der Waals surface area contributed by atoms with Crippen LogP contribution in [0.2, 0.25) is 0 Å². The molecule has 1 atom stereocenters. The van der Waals surface area contributed by atoms with Gasteiger partial charge >= 0.3 is 0 Å². The van der Waals surface area contributed by atoms with Crippen LogP contribution in [0.4, 0.5) is 0 Å². The first kappa shape index (κ1) is 36.8. The highest BCUT2D eigenvalue weighted by Crippen LogP contribution is 2.52. The predicted molar refractivity (Wildman–Crippen MR) is 159 cm³/mol. The molecule has 0 saturated heterocycles. The summed E-state index contributed by atoms with van der Waals surface area (Å²) in [6.45, 7) is 46.2. The van der Waals surface area contributed by atoms with Crippen molar-refractivity contribution in [3.63, 3.8) is 0 Å². The molecule has 0 spiro atoms. The van der Waals surface area contributed by atoms with Crippen LogP contribution in [0.25, 0.3) is 0 Å². The molecule has 0 radical (unpaired) electrons. The minimum atomic E-state index is -1.11. The second kappa shape index (κ2) is 11.2. The zero-order valence-electron chi connectivity index (χ0n) is 28.1. The zero-order valence-corrected chi connectivity index (χ0v) is 28.1. The van der Waals surface area contributed by atoms with Crippen LogP contribution < -0.4 is 0 Å². The molecule has 0 amide bonds. The third-order valence-corrected chi connectivity index (χ3v) is 7.60. The number of allylic oxidation sites excluding steroid dienone is 2. The van der Waals surface area contributed by atoms with E-state index in [1.807, 2.05) is 62.3 Å². The first-order chi connectivity index (χ1) is 14.8. The molecule has 212 valence electrons. The van der Waals surface area contributed by atoms with Gasteiger partial charge in [-0.3, -0.25) is 0 Å². The summed E-state index contributed by atoms with van der Waals surface area (Å²) in [5.74, 6) is 0.0144. The van der Waals surface area contributed by atoms with E-state index in [1.54, 1.807) is 11.1 Å². The second-order valence-corrected chi connectivity index (χ2v) is 17.1. The van der Waals surface area contributed by atoms with Crippen LogP contribution in [0.5, 0.6) is 0 Å². The Balaban J connectivity index is 0. The summed E-state index contributed by atoms with van der Waals surface area (Å²) in [5.41, 5.74) is 1.54. The van der Waals surface area contributed by atoms with Crippen molar-refractivity contribution < 1.29 is 10.2 Å². The van der Waals surface area contributed by atoms with Gasteiger partial charge in [0.05, 0.1) is 5.60 Å². The quantitative estimate of drug-likeness (QED) is 0.380. The molecule has 0 fully saturated rings. The van der Waals surface area contributed by atoms with Gasteiger partial charge in [-0.25, -0.2) is 0 Å². The third-order valence-electron chi connectivity index (χ3n) is 7.60. The SMILES string of the molecule is CC(C)(C)C(=C(C(C)(C)C)C(C)(C)C)C(C)(C)C.CC(C)C(O)(C(C)C)C(O)(C(C)C)C(C)(C)C. The Morgan fingerprint density at radius 3 is 0.657 bits per heavy atom. The van der Waals surface area contributed by atoms with E-state index in [9.17, 15) is 10.2 Å². The van der Waals surface area contributed by atoms with Gasteiger partial charge in [0.25, 0.3) is 0 Å². The molecule has 0 aliphatic heterocycles. The summed E-state index contributed by atoms with van der Waals surface area (Å²) in [6, 6.07) is 0. The smallest absolute Gasteiger partial charge is 0.101 e. The molecule has 2 N–H and O–H groups in total. The number of rotatable bonds is 4. The van der Waals surface area contributed by atoms with Crippen molar-refractivity contribution in [2.75, 3.05) is 0 Å². The molecule has 0 aromatic carbocycles. The molecule has 0 aromatic rings. The van der Waals surface area contributed by atoms with E-state index in [0.29, 0.717) is 0 Å². The number of hydrogen-bond acceptors (Lipinski definition) is 2. The van der Waals surface area contributed by atoms with Gasteiger partial charge in [-0.05, 0) is 44.8 Å². The largest absolute Gasteiger partial charge is 0.386 e. The Kier molecular flexibility index (Phi) is 11.8. The Bertz CT molecular complexity index is 612. The van der Waals surface area contributed by atoms with Crippen molar-refractivity contribution >= 4 is 0 Å². The third kappa shape index (κ3) is 8.33. The number of aliphatic hydroxyl groups is 2. The summed E-state index contributed by atoms with van der Waals surface area (Å²) in [7, 11) is 0. The fourth-order valence-electron chi connectivity index (χ4n) is 7.23. The summed E-state index contributed by atoms with van der Waals surface area (Å²) in [6.07, 6.45) is 0. The van der Waals surface area contributed by atoms with E-state index in [2.05, 4.69) is 83.1 Å². The molecular formula is C33H68O2. The highest BCUT2D eigenvalue weighted by atomic mass is 16.4. The fourth-order valence-corrected chi connectivity index (χ4v) is 7.23. The van der Waals surface area contributed by atoms with Gasteiger partial charge in [0.2, 0.25) is 0 Å². The van der Waals surface area contributed by atoms with Crippen LogP contribution in [0.15, 0.2) is 11.1 Å². The van der Waals surface area contributed by atoms with Gasteiger partial charge in [-0.2, -0.15) is 0 Å². The standard InChI is InChI=1S/C18H36.C15H32O2/c1-15(2,3)13(16(4,5)6)14(17(7,8)9)18(10,11)12;1-10(2)14(16,11(3)4)15(17,12(5)6)13(7,8)9/h1-12H3;10-12,16-17H,1-9H3. The molecule has 0 bridgehead atoms. The predicted octanol–water partition coefficient (Wildman–Crippen LogP) is 9.93. The molecule has 0 heterocycles. The number of hydrogen-bond donors (Lipinski definition) is 2. The summed E-state index contributed by atoms with van der Waals surface area (Å²) in [5, 5.41) is 22.4. The van der Waals surface area contributed by atoms with Crippen LogP contribution in [-0.4, -0.2) is 21.4 Å². The van der Waals surface area contributed by atoms with Gasteiger partial charge in [-0.1, -0.05) is 157 Å². The highest BCUT2D eigenvalue weighted by molar-refractivity contribution is 5.33. The highest BCUT2D eigenvalue weighted by Gasteiger charge is 2.60. The lowest BCUT2D eigenvalue weighted by Crippen LogP contribution is -2.69. The molecule has 2 heteroatoms.